The molecule has 1 aliphatic heterocycles. The first kappa shape index (κ1) is 17.9. The van der Waals surface area contributed by atoms with Crippen molar-refractivity contribution in [1.82, 2.24) is 0 Å². The Morgan fingerprint density at radius 1 is 1.08 bits per heavy atom. The summed E-state index contributed by atoms with van der Waals surface area (Å²) in [4.78, 5) is 38.0. The van der Waals surface area contributed by atoms with Crippen LogP contribution in [0.25, 0.3) is 0 Å². The molecule has 1 aliphatic rings. The molecule has 2 amide bonds. The van der Waals surface area contributed by atoms with Crippen molar-refractivity contribution in [2.24, 2.45) is 5.92 Å². The number of rotatable bonds is 5. The molecule has 0 unspecified atom stereocenters. The van der Waals surface area contributed by atoms with E-state index in [0.29, 0.717) is 24.3 Å². The second-order valence-corrected chi connectivity index (χ2v) is 6.43. The monoisotopic (exact) mass is 351 g/mol. The van der Waals surface area contributed by atoms with Crippen LogP contribution in [0.1, 0.15) is 34.8 Å². The van der Waals surface area contributed by atoms with Crippen LogP contribution in [0, 0.1) is 12.8 Å². The van der Waals surface area contributed by atoms with Crippen LogP contribution in [-0.4, -0.2) is 24.4 Å². The number of nitrogens with zero attached hydrogens (tertiary/aromatic N) is 1. The maximum atomic E-state index is 12.7. The predicted molar refractivity (Wildman–Crippen MR) is 97.9 cm³/mol. The van der Waals surface area contributed by atoms with E-state index in [1.165, 1.54) is 4.90 Å². The zero-order chi connectivity index (χ0) is 18.7. The first-order valence-electron chi connectivity index (χ1n) is 8.69. The van der Waals surface area contributed by atoms with Crippen LogP contribution < -0.4 is 4.90 Å². The average Bonchev–Trinajstić information content (AvgIpc) is 2.91. The van der Waals surface area contributed by atoms with Gasteiger partial charge in [0.2, 0.25) is 11.8 Å². The Bertz CT molecular complexity index is 824. The smallest absolute Gasteiger partial charge is 0.338 e. The molecule has 1 heterocycles. The fourth-order valence-corrected chi connectivity index (χ4v) is 3.10. The molecular weight excluding hydrogens is 330 g/mol. The van der Waals surface area contributed by atoms with Gasteiger partial charge in [-0.25, -0.2) is 4.79 Å². The second kappa shape index (κ2) is 7.52. The summed E-state index contributed by atoms with van der Waals surface area (Å²) in [6, 6.07) is 14.3. The van der Waals surface area contributed by atoms with Gasteiger partial charge in [0.05, 0.1) is 23.8 Å². The van der Waals surface area contributed by atoms with Gasteiger partial charge in [-0.15, -0.1) is 0 Å². The molecular formula is C21H21NO4. The quantitative estimate of drug-likeness (QED) is 0.612. The molecule has 2 aromatic carbocycles. The molecule has 3 rings (SSSR count). The third-order valence-electron chi connectivity index (χ3n) is 4.48. The van der Waals surface area contributed by atoms with Gasteiger partial charge in [0.25, 0.3) is 0 Å². The maximum absolute atomic E-state index is 12.7. The highest BCUT2D eigenvalue weighted by atomic mass is 16.5. The molecule has 2 aromatic rings. The van der Waals surface area contributed by atoms with Gasteiger partial charge < -0.3 is 4.74 Å². The standard InChI is InChI=1S/C21H21NO4/c1-3-26-21(25)16-8-10-18(11-9-16)22-19(23)13-17(20(22)24)12-15-6-4-14(2)5-7-15/h4-11,17H,3,12-13H2,1-2H3/t17-/m1/s1. The van der Waals surface area contributed by atoms with E-state index in [4.69, 9.17) is 4.74 Å². The van der Waals surface area contributed by atoms with E-state index in [0.717, 1.165) is 11.1 Å². The highest BCUT2D eigenvalue weighted by Gasteiger charge is 2.39. The van der Waals surface area contributed by atoms with Gasteiger partial charge in [-0.2, -0.15) is 0 Å². The summed E-state index contributed by atoms with van der Waals surface area (Å²) in [5.41, 5.74) is 3.08. The molecule has 0 aliphatic carbocycles. The lowest BCUT2D eigenvalue weighted by Crippen LogP contribution is -2.30. The SMILES string of the molecule is CCOC(=O)c1ccc(N2C(=O)C[C@@H](Cc3ccc(C)cc3)C2=O)cc1. The summed E-state index contributed by atoms with van der Waals surface area (Å²) in [6.07, 6.45) is 0.745. The van der Waals surface area contributed by atoms with Gasteiger partial charge in [-0.3, -0.25) is 14.5 Å². The van der Waals surface area contributed by atoms with Crippen molar-refractivity contribution < 1.29 is 19.1 Å². The van der Waals surface area contributed by atoms with Crippen LogP contribution in [0.3, 0.4) is 0 Å². The molecule has 0 spiro atoms. The van der Waals surface area contributed by atoms with Gasteiger partial charge in [-0.05, 0) is 50.1 Å². The molecule has 26 heavy (non-hydrogen) atoms. The number of anilines is 1. The highest BCUT2D eigenvalue weighted by molar-refractivity contribution is 6.21. The lowest BCUT2D eigenvalue weighted by molar-refractivity contribution is -0.122. The first-order chi connectivity index (χ1) is 12.5. The van der Waals surface area contributed by atoms with E-state index in [1.54, 1.807) is 31.2 Å². The molecule has 5 nitrogen and oxygen atoms in total. The number of hydrogen-bond donors (Lipinski definition) is 0. The van der Waals surface area contributed by atoms with Gasteiger partial charge in [0, 0.05) is 6.42 Å². The molecule has 0 saturated carbocycles. The molecule has 0 radical (unpaired) electrons. The molecule has 1 atom stereocenters. The largest absolute Gasteiger partial charge is 0.462 e. The number of amides is 2. The number of hydrogen-bond acceptors (Lipinski definition) is 4. The van der Waals surface area contributed by atoms with Crippen molar-refractivity contribution in [3.63, 3.8) is 0 Å². The van der Waals surface area contributed by atoms with Crippen molar-refractivity contribution in [3.05, 3.63) is 65.2 Å². The number of ether oxygens (including phenoxy) is 1. The molecule has 0 N–H and O–H groups in total. The van der Waals surface area contributed by atoms with Crippen LogP contribution >= 0.6 is 0 Å². The van der Waals surface area contributed by atoms with Crippen LogP contribution in [-0.2, 0) is 20.7 Å². The Hall–Kier alpha value is -2.95. The fraction of sp³-hybridized carbons (Fsp3) is 0.286. The number of aryl methyl sites for hydroxylation is 1. The molecule has 5 heteroatoms. The van der Waals surface area contributed by atoms with Gasteiger partial charge in [0.1, 0.15) is 0 Å². The van der Waals surface area contributed by atoms with E-state index in [9.17, 15) is 14.4 Å². The summed E-state index contributed by atoms with van der Waals surface area (Å²) in [5.74, 6) is -1.18. The Balaban J connectivity index is 1.74. The van der Waals surface area contributed by atoms with Crippen molar-refractivity contribution in [3.8, 4) is 0 Å². The Labute approximate surface area is 152 Å². The minimum Gasteiger partial charge on any atom is -0.462 e. The normalized spacial score (nSPS) is 16.8. The number of carbonyl (C=O) groups excluding carboxylic acids is 3. The zero-order valence-corrected chi connectivity index (χ0v) is 14.9. The van der Waals surface area contributed by atoms with Crippen LogP contribution in [0.2, 0.25) is 0 Å². The topological polar surface area (TPSA) is 63.7 Å². The van der Waals surface area contributed by atoms with Crippen LogP contribution in [0.4, 0.5) is 5.69 Å². The van der Waals surface area contributed by atoms with Crippen molar-refractivity contribution in [1.29, 1.82) is 0 Å². The summed E-state index contributed by atoms with van der Waals surface area (Å²) in [5, 5.41) is 0. The maximum Gasteiger partial charge on any atom is 0.338 e. The van der Waals surface area contributed by atoms with Crippen molar-refractivity contribution in [2.45, 2.75) is 26.7 Å². The van der Waals surface area contributed by atoms with E-state index < -0.39 is 5.97 Å². The summed E-state index contributed by atoms with van der Waals surface area (Å²) < 4.78 is 4.94. The number of benzene rings is 2. The van der Waals surface area contributed by atoms with E-state index in [2.05, 4.69) is 0 Å². The minimum atomic E-state index is -0.421. The van der Waals surface area contributed by atoms with Gasteiger partial charge in [-0.1, -0.05) is 29.8 Å². The van der Waals surface area contributed by atoms with E-state index >= 15 is 0 Å². The Kier molecular flexibility index (Phi) is 5.16. The molecule has 1 saturated heterocycles. The summed E-state index contributed by atoms with van der Waals surface area (Å²) in [7, 11) is 0. The third kappa shape index (κ3) is 3.67. The lowest BCUT2D eigenvalue weighted by atomic mass is 9.97. The number of imide groups is 1. The second-order valence-electron chi connectivity index (χ2n) is 6.43. The van der Waals surface area contributed by atoms with Crippen molar-refractivity contribution >= 4 is 23.5 Å². The highest BCUT2D eigenvalue weighted by Crippen LogP contribution is 2.29. The van der Waals surface area contributed by atoms with E-state index in [1.807, 2.05) is 31.2 Å². The average molecular weight is 351 g/mol. The third-order valence-corrected chi connectivity index (χ3v) is 4.48. The van der Waals surface area contributed by atoms with Gasteiger partial charge in [0.15, 0.2) is 0 Å². The zero-order valence-electron chi connectivity index (χ0n) is 14.9. The molecule has 0 bridgehead atoms. The fourth-order valence-electron chi connectivity index (χ4n) is 3.10. The number of carbonyl (C=O) groups is 3. The Morgan fingerprint density at radius 3 is 2.35 bits per heavy atom. The molecule has 1 fully saturated rings. The van der Waals surface area contributed by atoms with Gasteiger partial charge >= 0.3 is 5.97 Å². The predicted octanol–water partition coefficient (Wildman–Crippen LogP) is 3.29. The molecule has 134 valence electrons. The molecule has 0 aromatic heterocycles. The van der Waals surface area contributed by atoms with E-state index in [-0.39, 0.29) is 24.2 Å². The lowest BCUT2D eigenvalue weighted by Gasteiger charge is -2.15. The number of esters is 1. The van der Waals surface area contributed by atoms with Crippen molar-refractivity contribution in [2.75, 3.05) is 11.5 Å². The summed E-state index contributed by atoms with van der Waals surface area (Å²) in [6.45, 7) is 4.04. The van der Waals surface area contributed by atoms with Crippen LogP contribution in [0.15, 0.2) is 48.5 Å². The first-order valence-corrected chi connectivity index (χ1v) is 8.69. The summed E-state index contributed by atoms with van der Waals surface area (Å²) >= 11 is 0. The Morgan fingerprint density at radius 2 is 1.73 bits per heavy atom. The van der Waals surface area contributed by atoms with Crippen LogP contribution in [0.5, 0.6) is 0 Å². The minimum absolute atomic E-state index is 0.195.